The summed E-state index contributed by atoms with van der Waals surface area (Å²) < 4.78 is 1.75. The molecule has 20 heavy (non-hydrogen) atoms. The predicted molar refractivity (Wildman–Crippen MR) is 77.8 cm³/mol. The lowest BCUT2D eigenvalue weighted by atomic mass is 10.1. The van der Waals surface area contributed by atoms with Crippen LogP contribution in [0.4, 0.5) is 5.69 Å². The highest BCUT2D eigenvalue weighted by Gasteiger charge is 2.12. The Hall–Kier alpha value is -2.08. The molecule has 0 saturated carbocycles. The lowest BCUT2D eigenvalue weighted by Crippen LogP contribution is -2.25. The summed E-state index contributed by atoms with van der Waals surface area (Å²) in [6, 6.07) is 5.19. The third-order valence-corrected chi connectivity index (χ3v) is 3.04. The van der Waals surface area contributed by atoms with Gasteiger partial charge in [-0.05, 0) is 25.1 Å². The number of rotatable bonds is 5. The Morgan fingerprint density at radius 1 is 1.45 bits per heavy atom. The molecule has 1 heterocycles. The first-order valence-electron chi connectivity index (χ1n) is 6.26. The lowest BCUT2D eigenvalue weighted by molar-refractivity contribution is 0.0950. The van der Waals surface area contributed by atoms with Crippen LogP contribution in [0.1, 0.15) is 23.1 Å². The summed E-state index contributed by atoms with van der Waals surface area (Å²) in [6.07, 6.45) is 1.59. The number of hydrogen-bond donors (Lipinski definition) is 2. The van der Waals surface area contributed by atoms with Crippen LogP contribution in [0.3, 0.4) is 0 Å². The molecule has 1 aromatic carbocycles. The number of aromatic nitrogens is 3. The first kappa shape index (κ1) is 14.3. The van der Waals surface area contributed by atoms with E-state index in [1.165, 1.54) is 0 Å². The highest BCUT2D eigenvalue weighted by molar-refractivity contribution is 6.31. The second kappa shape index (κ2) is 6.38. The van der Waals surface area contributed by atoms with Crippen LogP contribution in [-0.2, 0) is 13.6 Å². The fraction of sp³-hybridized carbons (Fsp3) is 0.308. The summed E-state index contributed by atoms with van der Waals surface area (Å²) in [5, 5.41) is 14.1. The van der Waals surface area contributed by atoms with Gasteiger partial charge in [-0.25, -0.2) is 0 Å². The number of anilines is 1. The van der Waals surface area contributed by atoms with Crippen LogP contribution in [0.5, 0.6) is 0 Å². The Balaban J connectivity index is 2.12. The van der Waals surface area contributed by atoms with Crippen LogP contribution in [-0.4, -0.2) is 27.2 Å². The minimum Gasteiger partial charge on any atom is -0.385 e. The molecule has 2 rings (SSSR count). The Morgan fingerprint density at radius 3 is 2.90 bits per heavy atom. The number of nitrogens with one attached hydrogen (secondary N) is 2. The van der Waals surface area contributed by atoms with Crippen molar-refractivity contribution in [3.8, 4) is 0 Å². The fourth-order valence-corrected chi connectivity index (χ4v) is 1.94. The van der Waals surface area contributed by atoms with Crippen molar-refractivity contribution in [2.75, 3.05) is 11.9 Å². The number of benzene rings is 1. The Morgan fingerprint density at radius 2 is 2.25 bits per heavy atom. The predicted octanol–water partition coefficient (Wildman–Crippen LogP) is 1.83. The van der Waals surface area contributed by atoms with Crippen molar-refractivity contribution in [1.29, 1.82) is 0 Å². The second-order valence-electron chi connectivity index (χ2n) is 4.26. The van der Waals surface area contributed by atoms with Gasteiger partial charge in [-0.2, -0.15) is 0 Å². The normalized spacial score (nSPS) is 10.3. The van der Waals surface area contributed by atoms with E-state index in [1.807, 2.05) is 14.0 Å². The van der Waals surface area contributed by atoms with Gasteiger partial charge in [0.05, 0.1) is 12.1 Å². The molecule has 0 unspecified atom stereocenters. The van der Waals surface area contributed by atoms with Crippen LogP contribution in [0.15, 0.2) is 24.5 Å². The van der Waals surface area contributed by atoms with Crippen molar-refractivity contribution >= 4 is 23.2 Å². The number of amides is 1. The van der Waals surface area contributed by atoms with E-state index in [0.717, 1.165) is 12.2 Å². The van der Waals surface area contributed by atoms with Gasteiger partial charge in [0.2, 0.25) is 0 Å². The van der Waals surface area contributed by atoms with Gasteiger partial charge in [-0.15, -0.1) is 10.2 Å². The summed E-state index contributed by atoms with van der Waals surface area (Å²) in [4.78, 5) is 12.2. The van der Waals surface area contributed by atoms with E-state index in [-0.39, 0.29) is 5.91 Å². The Labute approximate surface area is 122 Å². The molecule has 0 aliphatic rings. The van der Waals surface area contributed by atoms with Gasteiger partial charge in [0.15, 0.2) is 5.82 Å². The van der Waals surface area contributed by atoms with Gasteiger partial charge in [0, 0.05) is 24.3 Å². The number of carbonyl (C=O) groups excluding carboxylic acids is 1. The third-order valence-electron chi connectivity index (χ3n) is 2.81. The molecule has 0 fully saturated rings. The molecule has 0 aliphatic heterocycles. The number of aryl methyl sites for hydroxylation is 1. The van der Waals surface area contributed by atoms with Gasteiger partial charge in [0.25, 0.3) is 5.91 Å². The van der Waals surface area contributed by atoms with Crippen LogP contribution in [0.25, 0.3) is 0 Å². The van der Waals surface area contributed by atoms with Gasteiger partial charge < -0.3 is 15.2 Å². The van der Waals surface area contributed by atoms with Crippen molar-refractivity contribution in [2.24, 2.45) is 7.05 Å². The molecule has 0 saturated heterocycles. The molecule has 1 amide bonds. The van der Waals surface area contributed by atoms with E-state index in [2.05, 4.69) is 20.8 Å². The number of halogens is 1. The maximum atomic E-state index is 12.2. The summed E-state index contributed by atoms with van der Waals surface area (Å²) in [5.41, 5.74) is 1.27. The standard InChI is InChI=1S/C13H16ClN5O/c1-3-15-11-5-4-9(14)6-10(11)13(20)16-7-12-18-17-8-19(12)2/h4-6,8,15H,3,7H2,1-2H3,(H,16,20). The first-order chi connectivity index (χ1) is 9.61. The van der Waals surface area contributed by atoms with Crippen molar-refractivity contribution < 1.29 is 4.79 Å². The van der Waals surface area contributed by atoms with E-state index in [0.29, 0.717) is 23.0 Å². The Bertz CT molecular complexity index is 611. The van der Waals surface area contributed by atoms with E-state index >= 15 is 0 Å². The first-order valence-corrected chi connectivity index (χ1v) is 6.64. The summed E-state index contributed by atoms with van der Waals surface area (Å²) in [6.45, 7) is 3.01. The van der Waals surface area contributed by atoms with Crippen molar-refractivity contribution in [3.05, 3.63) is 40.9 Å². The zero-order chi connectivity index (χ0) is 14.5. The zero-order valence-electron chi connectivity index (χ0n) is 11.4. The molecule has 0 bridgehead atoms. The quantitative estimate of drug-likeness (QED) is 0.882. The second-order valence-corrected chi connectivity index (χ2v) is 4.70. The van der Waals surface area contributed by atoms with Gasteiger partial charge in [0.1, 0.15) is 6.33 Å². The smallest absolute Gasteiger partial charge is 0.253 e. The van der Waals surface area contributed by atoms with Gasteiger partial charge in [-0.1, -0.05) is 11.6 Å². The van der Waals surface area contributed by atoms with Gasteiger partial charge in [-0.3, -0.25) is 4.79 Å². The van der Waals surface area contributed by atoms with Crippen LogP contribution in [0.2, 0.25) is 5.02 Å². The molecule has 2 N–H and O–H groups in total. The monoisotopic (exact) mass is 293 g/mol. The molecule has 2 aromatic rings. The maximum Gasteiger partial charge on any atom is 0.253 e. The lowest BCUT2D eigenvalue weighted by Gasteiger charge is -2.11. The molecular formula is C13H16ClN5O. The maximum absolute atomic E-state index is 12.2. The topological polar surface area (TPSA) is 71.8 Å². The van der Waals surface area contributed by atoms with E-state index in [9.17, 15) is 4.79 Å². The SMILES string of the molecule is CCNc1ccc(Cl)cc1C(=O)NCc1nncn1C. The fourth-order valence-electron chi connectivity index (χ4n) is 1.77. The highest BCUT2D eigenvalue weighted by Crippen LogP contribution is 2.20. The molecule has 0 atom stereocenters. The van der Waals surface area contributed by atoms with Crippen molar-refractivity contribution in [2.45, 2.75) is 13.5 Å². The average Bonchev–Trinajstić information content (AvgIpc) is 2.84. The zero-order valence-corrected chi connectivity index (χ0v) is 12.1. The van der Waals surface area contributed by atoms with E-state index < -0.39 is 0 Å². The van der Waals surface area contributed by atoms with Crippen molar-refractivity contribution in [3.63, 3.8) is 0 Å². The average molecular weight is 294 g/mol. The van der Waals surface area contributed by atoms with Crippen LogP contribution >= 0.6 is 11.6 Å². The molecule has 6 nitrogen and oxygen atoms in total. The van der Waals surface area contributed by atoms with E-state index in [1.54, 1.807) is 29.1 Å². The molecular weight excluding hydrogens is 278 g/mol. The molecule has 7 heteroatoms. The molecule has 1 aromatic heterocycles. The molecule has 0 spiro atoms. The number of carbonyl (C=O) groups is 1. The van der Waals surface area contributed by atoms with Crippen LogP contribution in [0, 0.1) is 0 Å². The number of nitrogens with zero attached hydrogens (tertiary/aromatic N) is 3. The van der Waals surface area contributed by atoms with Gasteiger partial charge >= 0.3 is 0 Å². The van der Waals surface area contributed by atoms with Crippen molar-refractivity contribution in [1.82, 2.24) is 20.1 Å². The number of hydrogen-bond acceptors (Lipinski definition) is 4. The summed E-state index contributed by atoms with van der Waals surface area (Å²) in [7, 11) is 1.82. The molecule has 106 valence electrons. The minimum atomic E-state index is -0.202. The summed E-state index contributed by atoms with van der Waals surface area (Å²) >= 11 is 5.95. The summed E-state index contributed by atoms with van der Waals surface area (Å²) in [5.74, 6) is 0.483. The third kappa shape index (κ3) is 3.27. The Kier molecular flexibility index (Phi) is 4.57. The minimum absolute atomic E-state index is 0.202. The van der Waals surface area contributed by atoms with Crippen LogP contribution < -0.4 is 10.6 Å². The van der Waals surface area contributed by atoms with E-state index in [4.69, 9.17) is 11.6 Å². The largest absolute Gasteiger partial charge is 0.385 e. The molecule has 0 aliphatic carbocycles. The molecule has 0 radical (unpaired) electrons. The highest BCUT2D eigenvalue weighted by atomic mass is 35.5.